The van der Waals surface area contributed by atoms with Crippen molar-refractivity contribution in [2.45, 2.75) is 43.2 Å². The number of methoxy groups -OCH3 is 1. The molecule has 1 saturated heterocycles. The molecular formula is C13H22N2O3S2. The number of nitrogens with one attached hydrogen (secondary N) is 1. The molecule has 5 nitrogen and oxygen atoms in total. The van der Waals surface area contributed by atoms with E-state index in [-0.39, 0.29) is 6.10 Å². The summed E-state index contributed by atoms with van der Waals surface area (Å²) in [4.78, 5) is 0. The molecule has 0 spiro atoms. The summed E-state index contributed by atoms with van der Waals surface area (Å²) in [6, 6.07) is 2.16. The van der Waals surface area contributed by atoms with E-state index in [1.165, 1.54) is 15.6 Å². The van der Waals surface area contributed by atoms with Crippen LogP contribution < -0.4 is 5.32 Å². The first-order chi connectivity index (χ1) is 9.43. The molecule has 1 aromatic heterocycles. The fourth-order valence-electron chi connectivity index (χ4n) is 2.14. The Morgan fingerprint density at radius 2 is 2.30 bits per heavy atom. The highest BCUT2D eigenvalue weighted by atomic mass is 32.2. The van der Waals surface area contributed by atoms with E-state index in [1.54, 1.807) is 13.2 Å². The second kappa shape index (κ2) is 6.53. The molecule has 0 aromatic carbocycles. The van der Waals surface area contributed by atoms with Gasteiger partial charge in [0.2, 0.25) is 0 Å². The van der Waals surface area contributed by atoms with Gasteiger partial charge in [0.15, 0.2) is 0 Å². The largest absolute Gasteiger partial charge is 0.380 e. The first-order valence-electron chi connectivity index (χ1n) is 6.77. The quantitative estimate of drug-likeness (QED) is 0.866. The molecule has 0 bridgehead atoms. The molecule has 1 unspecified atom stereocenters. The number of rotatable bonds is 6. The van der Waals surface area contributed by atoms with Crippen molar-refractivity contribution in [1.29, 1.82) is 0 Å². The second-order valence-corrected chi connectivity index (χ2v) is 8.40. The van der Waals surface area contributed by atoms with Crippen molar-refractivity contribution >= 4 is 21.4 Å². The molecule has 0 aliphatic carbocycles. The summed E-state index contributed by atoms with van der Waals surface area (Å²) >= 11 is 1.29. The predicted octanol–water partition coefficient (Wildman–Crippen LogP) is 1.66. The third-order valence-electron chi connectivity index (χ3n) is 3.38. The van der Waals surface area contributed by atoms with Gasteiger partial charge < -0.3 is 10.1 Å². The zero-order valence-electron chi connectivity index (χ0n) is 12.1. The van der Waals surface area contributed by atoms with Crippen LogP contribution in [0.25, 0.3) is 0 Å². The average molecular weight is 318 g/mol. The van der Waals surface area contributed by atoms with Gasteiger partial charge in [-0.1, -0.05) is 13.8 Å². The molecule has 0 amide bonds. The summed E-state index contributed by atoms with van der Waals surface area (Å²) in [6.45, 7) is 5.83. The number of thiophene rings is 1. The van der Waals surface area contributed by atoms with Gasteiger partial charge in [-0.2, -0.15) is 4.31 Å². The van der Waals surface area contributed by atoms with Gasteiger partial charge in [-0.15, -0.1) is 11.3 Å². The molecule has 1 aromatic rings. The van der Waals surface area contributed by atoms with E-state index in [2.05, 4.69) is 19.2 Å². The number of nitrogens with zero attached hydrogens (tertiary/aromatic N) is 1. The summed E-state index contributed by atoms with van der Waals surface area (Å²) < 4.78 is 32.2. The van der Waals surface area contributed by atoms with Crippen molar-refractivity contribution in [2.24, 2.45) is 0 Å². The molecule has 1 aliphatic rings. The van der Waals surface area contributed by atoms with E-state index < -0.39 is 10.0 Å². The zero-order valence-corrected chi connectivity index (χ0v) is 13.8. The van der Waals surface area contributed by atoms with Crippen molar-refractivity contribution in [2.75, 3.05) is 20.2 Å². The highest BCUT2D eigenvalue weighted by molar-refractivity contribution is 7.91. The van der Waals surface area contributed by atoms with Crippen molar-refractivity contribution in [3.05, 3.63) is 17.0 Å². The highest BCUT2D eigenvalue weighted by Crippen LogP contribution is 2.27. The SMILES string of the molecule is COC1CCN(S(=O)(=O)c2cc(CNC(C)C)cs2)C1. The van der Waals surface area contributed by atoms with Gasteiger partial charge in [-0.3, -0.25) is 0 Å². The molecule has 20 heavy (non-hydrogen) atoms. The van der Waals surface area contributed by atoms with Gasteiger partial charge in [0.25, 0.3) is 10.0 Å². The zero-order chi connectivity index (χ0) is 14.8. The first kappa shape index (κ1) is 15.9. The van der Waals surface area contributed by atoms with Crippen LogP contribution in [0.15, 0.2) is 15.7 Å². The molecule has 1 fully saturated rings. The van der Waals surface area contributed by atoms with Crippen LogP contribution in [0.2, 0.25) is 0 Å². The summed E-state index contributed by atoms with van der Waals surface area (Å²) in [5.74, 6) is 0. The lowest BCUT2D eigenvalue weighted by molar-refractivity contribution is 0.115. The summed E-state index contributed by atoms with van der Waals surface area (Å²) in [5.41, 5.74) is 1.02. The second-order valence-electron chi connectivity index (χ2n) is 5.32. The Bertz CT molecular complexity index is 540. The standard InChI is InChI=1S/C13H22N2O3S2/c1-10(2)14-7-11-6-13(19-9-11)20(16,17)15-5-4-12(8-15)18-3/h6,9-10,12,14H,4-5,7-8H2,1-3H3. The first-order valence-corrected chi connectivity index (χ1v) is 9.09. The molecule has 1 atom stereocenters. The van der Waals surface area contributed by atoms with E-state index in [0.29, 0.717) is 29.9 Å². The van der Waals surface area contributed by atoms with E-state index >= 15 is 0 Å². The maximum atomic E-state index is 12.5. The number of hydrogen-bond donors (Lipinski definition) is 1. The third kappa shape index (κ3) is 3.59. The monoisotopic (exact) mass is 318 g/mol. The summed E-state index contributed by atoms with van der Waals surface area (Å²) in [7, 11) is -1.73. The van der Waals surface area contributed by atoms with E-state index in [1.807, 2.05) is 5.38 Å². The van der Waals surface area contributed by atoms with Gasteiger partial charge in [-0.25, -0.2) is 8.42 Å². The van der Waals surface area contributed by atoms with Crippen LogP contribution in [0.1, 0.15) is 25.8 Å². The Morgan fingerprint density at radius 1 is 1.55 bits per heavy atom. The van der Waals surface area contributed by atoms with Crippen LogP contribution in [-0.4, -0.2) is 45.1 Å². The maximum Gasteiger partial charge on any atom is 0.252 e. The van der Waals surface area contributed by atoms with Crippen molar-refractivity contribution < 1.29 is 13.2 Å². The third-order valence-corrected chi connectivity index (χ3v) is 6.71. The maximum absolute atomic E-state index is 12.5. The molecule has 2 heterocycles. The lowest BCUT2D eigenvalue weighted by Gasteiger charge is -2.14. The van der Waals surface area contributed by atoms with E-state index in [4.69, 9.17) is 4.74 Å². The minimum absolute atomic E-state index is 0.0202. The van der Waals surface area contributed by atoms with Crippen LogP contribution in [0.3, 0.4) is 0 Å². The van der Waals surface area contributed by atoms with E-state index in [0.717, 1.165) is 12.0 Å². The van der Waals surface area contributed by atoms with Crippen molar-refractivity contribution in [3.8, 4) is 0 Å². The van der Waals surface area contributed by atoms with Gasteiger partial charge in [-0.05, 0) is 23.4 Å². The van der Waals surface area contributed by atoms with E-state index in [9.17, 15) is 8.42 Å². The fourth-order valence-corrected chi connectivity index (χ4v) is 4.99. The highest BCUT2D eigenvalue weighted by Gasteiger charge is 2.33. The molecular weight excluding hydrogens is 296 g/mol. The Morgan fingerprint density at radius 3 is 2.90 bits per heavy atom. The number of sulfonamides is 1. The lowest BCUT2D eigenvalue weighted by atomic mass is 10.3. The topological polar surface area (TPSA) is 58.6 Å². The van der Waals surface area contributed by atoms with Crippen LogP contribution in [0, 0.1) is 0 Å². The Labute approximate surface area is 125 Å². The predicted molar refractivity (Wildman–Crippen MR) is 80.5 cm³/mol. The Balaban J connectivity index is 2.06. The number of hydrogen-bond acceptors (Lipinski definition) is 5. The van der Waals surface area contributed by atoms with Crippen LogP contribution in [-0.2, 0) is 21.3 Å². The van der Waals surface area contributed by atoms with Gasteiger partial charge in [0, 0.05) is 32.8 Å². The minimum Gasteiger partial charge on any atom is -0.380 e. The van der Waals surface area contributed by atoms with Crippen LogP contribution in [0.4, 0.5) is 0 Å². The van der Waals surface area contributed by atoms with Crippen LogP contribution >= 0.6 is 11.3 Å². The lowest BCUT2D eigenvalue weighted by Crippen LogP contribution is -2.29. The van der Waals surface area contributed by atoms with Gasteiger partial charge >= 0.3 is 0 Å². The van der Waals surface area contributed by atoms with Crippen molar-refractivity contribution in [1.82, 2.24) is 9.62 Å². The normalized spacial score (nSPS) is 20.9. The molecule has 2 rings (SSSR count). The smallest absolute Gasteiger partial charge is 0.252 e. The summed E-state index contributed by atoms with van der Waals surface area (Å²) in [6.07, 6.45) is 0.787. The van der Waals surface area contributed by atoms with Crippen LogP contribution in [0.5, 0.6) is 0 Å². The van der Waals surface area contributed by atoms with Gasteiger partial charge in [0.1, 0.15) is 4.21 Å². The van der Waals surface area contributed by atoms with Crippen molar-refractivity contribution in [3.63, 3.8) is 0 Å². The Hall–Kier alpha value is -0.470. The molecule has 1 aliphatic heterocycles. The average Bonchev–Trinajstić information content (AvgIpc) is 3.05. The fraction of sp³-hybridized carbons (Fsp3) is 0.692. The van der Waals surface area contributed by atoms with Gasteiger partial charge in [0.05, 0.1) is 6.10 Å². The summed E-state index contributed by atoms with van der Waals surface area (Å²) in [5, 5.41) is 5.20. The molecule has 1 N–H and O–H groups in total. The molecule has 0 radical (unpaired) electrons. The minimum atomic E-state index is -3.36. The Kier molecular flexibility index (Phi) is 5.19. The molecule has 7 heteroatoms. The molecule has 0 saturated carbocycles. The number of ether oxygens (including phenoxy) is 1. The molecule has 114 valence electrons.